The molecule has 2 aromatic rings. The third-order valence-corrected chi connectivity index (χ3v) is 2.75. The largest absolute Gasteiger partial charge is 0.417 e. The van der Waals surface area contributed by atoms with Crippen LogP contribution in [0.1, 0.15) is 34.7 Å². The van der Waals surface area contributed by atoms with Crippen molar-refractivity contribution in [2.75, 3.05) is 0 Å². The minimum absolute atomic E-state index is 0.404. The molecule has 0 aliphatic rings. The van der Waals surface area contributed by atoms with Gasteiger partial charge >= 0.3 is 6.18 Å². The summed E-state index contributed by atoms with van der Waals surface area (Å²) in [5, 5.41) is 2.48. The lowest BCUT2D eigenvalue weighted by Crippen LogP contribution is -2.29. The molecule has 106 valence electrons. The van der Waals surface area contributed by atoms with Crippen molar-refractivity contribution in [1.82, 2.24) is 15.3 Å². The number of aromatic nitrogens is 2. The van der Waals surface area contributed by atoms with Gasteiger partial charge in [0.25, 0.3) is 5.91 Å². The van der Waals surface area contributed by atoms with E-state index in [0.717, 1.165) is 12.1 Å². The molecule has 0 spiro atoms. The molecule has 1 heterocycles. The van der Waals surface area contributed by atoms with E-state index in [4.69, 9.17) is 0 Å². The van der Waals surface area contributed by atoms with Gasteiger partial charge in [-0.25, -0.2) is 4.98 Å². The summed E-state index contributed by atoms with van der Waals surface area (Å²) in [5.41, 5.74) is -1.36. The van der Waals surface area contributed by atoms with Gasteiger partial charge in [-0.2, -0.15) is 13.2 Å². The first kappa shape index (κ1) is 14.1. The predicted molar refractivity (Wildman–Crippen MR) is 65.9 cm³/mol. The first-order valence-electron chi connectivity index (χ1n) is 5.86. The first-order valence-corrected chi connectivity index (χ1v) is 5.86. The molecule has 0 bridgehead atoms. The van der Waals surface area contributed by atoms with Crippen LogP contribution in [0.25, 0.3) is 0 Å². The molecule has 7 heteroatoms. The van der Waals surface area contributed by atoms with Crippen LogP contribution in [-0.4, -0.2) is 15.9 Å². The highest BCUT2D eigenvalue weighted by Gasteiger charge is 2.35. The maximum absolute atomic E-state index is 12.8. The maximum Gasteiger partial charge on any atom is 0.417 e. The highest BCUT2D eigenvalue weighted by molar-refractivity contribution is 5.96. The first-order chi connectivity index (χ1) is 9.39. The van der Waals surface area contributed by atoms with Crippen molar-refractivity contribution in [3.05, 3.63) is 53.6 Å². The van der Waals surface area contributed by atoms with Gasteiger partial charge in [0, 0.05) is 12.4 Å². The average Bonchev–Trinajstić information content (AvgIpc) is 2.91. The van der Waals surface area contributed by atoms with Crippen molar-refractivity contribution in [2.24, 2.45) is 0 Å². The molecule has 1 amide bonds. The summed E-state index contributed by atoms with van der Waals surface area (Å²) >= 11 is 0. The van der Waals surface area contributed by atoms with Crippen LogP contribution >= 0.6 is 0 Å². The number of aromatic amines is 1. The number of carbonyl (C=O) groups excluding carboxylic acids is 1. The molecule has 0 fully saturated rings. The number of alkyl halides is 3. The number of carbonyl (C=O) groups is 1. The molecule has 20 heavy (non-hydrogen) atoms. The summed E-state index contributed by atoms with van der Waals surface area (Å²) < 4.78 is 38.5. The minimum Gasteiger partial charge on any atom is -0.347 e. The molecule has 1 aromatic carbocycles. The Hall–Kier alpha value is -2.31. The number of halogens is 3. The lowest BCUT2D eigenvalue weighted by atomic mass is 10.1. The zero-order valence-electron chi connectivity index (χ0n) is 10.5. The van der Waals surface area contributed by atoms with Crippen molar-refractivity contribution in [3.63, 3.8) is 0 Å². The van der Waals surface area contributed by atoms with Gasteiger partial charge < -0.3 is 10.3 Å². The van der Waals surface area contributed by atoms with Crippen molar-refractivity contribution in [3.8, 4) is 0 Å². The van der Waals surface area contributed by atoms with Gasteiger partial charge in [0.15, 0.2) is 0 Å². The lowest BCUT2D eigenvalue weighted by Gasteiger charge is -2.15. The molecule has 1 unspecified atom stereocenters. The zero-order valence-corrected chi connectivity index (χ0v) is 10.5. The average molecular weight is 283 g/mol. The predicted octanol–water partition coefficient (Wildman–Crippen LogP) is 2.92. The number of rotatable bonds is 3. The van der Waals surface area contributed by atoms with E-state index in [-0.39, 0.29) is 0 Å². The molecule has 0 aliphatic carbocycles. The van der Waals surface area contributed by atoms with Crippen LogP contribution in [-0.2, 0) is 6.18 Å². The van der Waals surface area contributed by atoms with Crippen molar-refractivity contribution < 1.29 is 18.0 Å². The van der Waals surface area contributed by atoms with Crippen LogP contribution in [0.3, 0.4) is 0 Å². The molecule has 0 saturated carbocycles. The fourth-order valence-corrected chi connectivity index (χ4v) is 1.79. The number of nitrogens with one attached hydrogen (secondary N) is 2. The number of imidazole rings is 1. The minimum atomic E-state index is -4.57. The Morgan fingerprint density at radius 3 is 2.65 bits per heavy atom. The van der Waals surface area contributed by atoms with E-state index in [9.17, 15) is 18.0 Å². The van der Waals surface area contributed by atoms with Crippen LogP contribution in [0.4, 0.5) is 13.2 Å². The van der Waals surface area contributed by atoms with E-state index < -0.39 is 29.3 Å². The fraction of sp³-hybridized carbons (Fsp3) is 0.231. The van der Waals surface area contributed by atoms with Gasteiger partial charge in [-0.15, -0.1) is 0 Å². The van der Waals surface area contributed by atoms with Crippen LogP contribution in [0.2, 0.25) is 0 Å². The van der Waals surface area contributed by atoms with E-state index in [1.165, 1.54) is 18.3 Å². The topological polar surface area (TPSA) is 57.8 Å². The van der Waals surface area contributed by atoms with Gasteiger partial charge in [0.2, 0.25) is 0 Å². The smallest absolute Gasteiger partial charge is 0.347 e. The van der Waals surface area contributed by atoms with E-state index in [0.29, 0.717) is 5.82 Å². The third kappa shape index (κ3) is 2.98. The highest BCUT2D eigenvalue weighted by atomic mass is 19.4. The Bertz CT molecular complexity index is 593. The van der Waals surface area contributed by atoms with Crippen LogP contribution in [0.15, 0.2) is 36.7 Å². The Balaban J connectivity index is 2.22. The van der Waals surface area contributed by atoms with Crippen molar-refractivity contribution >= 4 is 5.91 Å². The van der Waals surface area contributed by atoms with Crippen LogP contribution < -0.4 is 5.32 Å². The normalized spacial score (nSPS) is 13.0. The van der Waals surface area contributed by atoms with Gasteiger partial charge in [0.05, 0.1) is 17.2 Å². The van der Waals surface area contributed by atoms with E-state index in [1.54, 1.807) is 13.1 Å². The van der Waals surface area contributed by atoms with Crippen molar-refractivity contribution in [1.29, 1.82) is 0 Å². The summed E-state index contributed by atoms with van der Waals surface area (Å²) in [6.07, 6.45) is -1.49. The number of nitrogens with zero attached hydrogens (tertiary/aromatic N) is 1. The van der Waals surface area contributed by atoms with Crippen LogP contribution in [0.5, 0.6) is 0 Å². The molecule has 1 aromatic heterocycles. The molecule has 0 saturated heterocycles. The molecule has 2 rings (SSSR count). The second-order valence-electron chi connectivity index (χ2n) is 4.21. The Labute approximate surface area is 113 Å². The molecular weight excluding hydrogens is 271 g/mol. The molecule has 1 atom stereocenters. The van der Waals surface area contributed by atoms with E-state index >= 15 is 0 Å². The Morgan fingerprint density at radius 1 is 1.35 bits per heavy atom. The Morgan fingerprint density at radius 2 is 2.05 bits per heavy atom. The summed E-state index contributed by atoms with van der Waals surface area (Å²) in [7, 11) is 0. The number of amides is 1. The van der Waals surface area contributed by atoms with Crippen LogP contribution in [0, 0.1) is 0 Å². The monoisotopic (exact) mass is 283 g/mol. The van der Waals surface area contributed by atoms with Gasteiger partial charge in [-0.1, -0.05) is 12.1 Å². The third-order valence-electron chi connectivity index (χ3n) is 2.75. The number of hydrogen-bond donors (Lipinski definition) is 2. The second-order valence-corrected chi connectivity index (χ2v) is 4.21. The quantitative estimate of drug-likeness (QED) is 0.910. The highest BCUT2D eigenvalue weighted by Crippen LogP contribution is 2.31. The second kappa shape index (κ2) is 5.36. The summed E-state index contributed by atoms with van der Waals surface area (Å²) in [6.45, 7) is 1.63. The van der Waals surface area contributed by atoms with E-state index in [2.05, 4.69) is 15.3 Å². The summed E-state index contributed by atoms with van der Waals surface area (Å²) in [5.74, 6) is -0.315. The molecule has 0 aliphatic heterocycles. The maximum atomic E-state index is 12.8. The number of benzene rings is 1. The lowest BCUT2D eigenvalue weighted by molar-refractivity contribution is -0.137. The molecular formula is C13H12F3N3O. The summed E-state index contributed by atoms with van der Waals surface area (Å²) in [4.78, 5) is 18.7. The molecule has 4 nitrogen and oxygen atoms in total. The number of H-pyrrole nitrogens is 1. The molecule has 2 N–H and O–H groups in total. The van der Waals surface area contributed by atoms with Crippen molar-refractivity contribution in [2.45, 2.75) is 19.1 Å². The SMILES string of the molecule is CC(NC(=O)c1ccccc1C(F)(F)F)c1ncc[nH]1. The number of hydrogen-bond acceptors (Lipinski definition) is 2. The summed E-state index contributed by atoms with van der Waals surface area (Å²) in [6, 6.07) is 4.15. The van der Waals surface area contributed by atoms with Gasteiger partial charge in [0.1, 0.15) is 5.82 Å². The van der Waals surface area contributed by atoms with Gasteiger partial charge in [-0.3, -0.25) is 4.79 Å². The fourth-order valence-electron chi connectivity index (χ4n) is 1.79. The standard InChI is InChI=1S/C13H12F3N3O/c1-8(11-17-6-7-18-11)19-12(20)9-4-2-3-5-10(9)13(14,15)16/h2-8H,1H3,(H,17,18)(H,19,20). The Kier molecular flexibility index (Phi) is 3.78. The van der Waals surface area contributed by atoms with E-state index in [1.807, 2.05) is 0 Å². The van der Waals surface area contributed by atoms with Gasteiger partial charge in [-0.05, 0) is 19.1 Å². The zero-order chi connectivity index (χ0) is 14.8. The molecule has 0 radical (unpaired) electrons.